The molecule has 0 aromatic heterocycles. The van der Waals surface area contributed by atoms with Crippen LogP contribution in [0.1, 0.15) is 37.5 Å². The Morgan fingerprint density at radius 2 is 1.75 bits per heavy atom. The molecule has 1 atom stereocenters. The van der Waals surface area contributed by atoms with Crippen molar-refractivity contribution in [1.82, 2.24) is 0 Å². The molecule has 0 aliphatic heterocycles. The van der Waals surface area contributed by atoms with Gasteiger partial charge in [0.2, 0.25) is 0 Å². The molecular weight excluding hydrogens is 224 g/mol. The zero-order valence-electron chi connectivity index (χ0n) is 9.93. The van der Waals surface area contributed by atoms with Crippen molar-refractivity contribution < 1.29 is 12.6 Å². The minimum absolute atomic E-state index is 0.374. The SMILES string of the molecule is CCc1ccc(C(CC)OS(C)(=O)=O)cc1. The molecular formula is C12H18O3S. The molecule has 0 aliphatic rings. The summed E-state index contributed by atoms with van der Waals surface area (Å²) in [6.45, 7) is 3.99. The lowest BCUT2D eigenvalue weighted by Gasteiger charge is -2.14. The van der Waals surface area contributed by atoms with Gasteiger partial charge in [-0.3, -0.25) is 4.18 Å². The highest BCUT2D eigenvalue weighted by Gasteiger charge is 2.15. The van der Waals surface area contributed by atoms with E-state index in [0.717, 1.165) is 18.2 Å². The van der Waals surface area contributed by atoms with Gasteiger partial charge >= 0.3 is 0 Å². The van der Waals surface area contributed by atoms with E-state index < -0.39 is 10.1 Å². The summed E-state index contributed by atoms with van der Waals surface area (Å²) in [6, 6.07) is 7.86. The largest absolute Gasteiger partial charge is 0.264 e. The predicted molar refractivity (Wildman–Crippen MR) is 64.8 cm³/mol. The van der Waals surface area contributed by atoms with Gasteiger partial charge in [-0.15, -0.1) is 0 Å². The van der Waals surface area contributed by atoms with E-state index in [1.165, 1.54) is 5.56 Å². The predicted octanol–water partition coefficient (Wildman–Crippen LogP) is 2.68. The molecule has 0 spiro atoms. The normalized spacial score (nSPS) is 13.7. The van der Waals surface area contributed by atoms with Crippen LogP contribution in [0, 0.1) is 0 Å². The molecule has 0 heterocycles. The Bertz CT molecular complexity index is 420. The molecule has 3 nitrogen and oxygen atoms in total. The molecule has 4 heteroatoms. The molecule has 90 valence electrons. The second kappa shape index (κ2) is 5.46. The van der Waals surface area contributed by atoms with Crippen molar-refractivity contribution in [3.05, 3.63) is 35.4 Å². The van der Waals surface area contributed by atoms with Crippen LogP contribution in [0.15, 0.2) is 24.3 Å². The van der Waals surface area contributed by atoms with Gasteiger partial charge in [-0.05, 0) is 24.0 Å². The summed E-state index contributed by atoms with van der Waals surface area (Å²) in [5.74, 6) is 0. The van der Waals surface area contributed by atoms with Crippen molar-refractivity contribution in [3.63, 3.8) is 0 Å². The minimum Gasteiger partial charge on any atom is -0.262 e. The van der Waals surface area contributed by atoms with Crippen molar-refractivity contribution in [2.24, 2.45) is 0 Å². The molecule has 1 aromatic rings. The lowest BCUT2D eigenvalue weighted by molar-refractivity contribution is 0.211. The van der Waals surface area contributed by atoms with Crippen molar-refractivity contribution in [3.8, 4) is 0 Å². The van der Waals surface area contributed by atoms with Crippen LogP contribution in [-0.2, 0) is 20.7 Å². The number of hydrogen-bond acceptors (Lipinski definition) is 3. The fourth-order valence-electron chi connectivity index (χ4n) is 1.54. The quantitative estimate of drug-likeness (QED) is 0.746. The van der Waals surface area contributed by atoms with Crippen molar-refractivity contribution in [2.75, 3.05) is 6.26 Å². The van der Waals surface area contributed by atoms with Crippen LogP contribution in [0.25, 0.3) is 0 Å². The third-order valence-corrected chi connectivity index (χ3v) is 3.00. The molecule has 1 unspecified atom stereocenters. The summed E-state index contributed by atoms with van der Waals surface area (Å²) >= 11 is 0. The molecule has 0 saturated carbocycles. The van der Waals surface area contributed by atoms with Crippen molar-refractivity contribution >= 4 is 10.1 Å². The Labute approximate surface area is 97.6 Å². The molecule has 0 aliphatic carbocycles. The molecule has 0 N–H and O–H groups in total. The van der Waals surface area contributed by atoms with Gasteiger partial charge in [-0.2, -0.15) is 8.42 Å². The molecule has 16 heavy (non-hydrogen) atoms. The lowest BCUT2D eigenvalue weighted by atomic mass is 10.0. The first-order valence-electron chi connectivity index (χ1n) is 5.43. The number of hydrogen-bond donors (Lipinski definition) is 0. The highest BCUT2D eigenvalue weighted by molar-refractivity contribution is 7.86. The highest BCUT2D eigenvalue weighted by atomic mass is 32.2. The fraction of sp³-hybridized carbons (Fsp3) is 0.500. The first kappa shape index (κ1) is 13.2. The third kappa shape index (κ3) is 3.94. The number of rotatable bonds is 5. The van der Waals surface area contributed by atoms with E-state index in [9.17, 15) is 8.42 Å². The van der Waals surface area contributed by atoms with Crippen LogP contribution >= 0.6 is 0 Å². The molecule has 0 radical (unpaired) electrons. The maximum atomic E-state index is 11.1. The Morgan fingerprint density at radius 3 is 2.12 bits per heavy atom. The van der Waals surface area contributed by atoms with Crippen LogP contribution in [-0.4, -0.2) is 14.7 Å². The van der Waals surface area contributed by atoms with E-state index >= 15 is 0 Å². The standard InChI is InChI=1S/C12H18O3S/c1-4-10-6-8-11(9-7-10)12(5-2)15-16(3,13)14/h6-9,12H,4-5H2,1-3H3. The van der Waals surface area contributed by atoms with Crippen molar-refractivity contribution in [2.45, 2.75) is 32.8 Å². The monoisotopic (exact) mass is 242 g/mol. The van der Waals surface area contributed by atoms with Gasteiger partial charge in [0.1, 0.15) is 6.10 Å². The van der Waals surface area contributed by atoms with Gasteiger partial charge < -0.3 is 0 Å². The van der Waals surface area contributed by atoms with E-state index in [2.05, 4.69) is 6.92 Å². The summed E-state index contributed by atoms with van der Waals surface area (Å²) in [6.07, 6.45) is 2.32. The molecule has 0 fully saturated rings. The van der Waals surface area contributed by atoms with E-state index in [1.54, 1.807) is 0 Å². The molecule has 0 amide bonds. The van der Waals surface area contributed by atoms with Crippen LogP contribution < -0.4 is 0 Å². The second-order valence-electron chi connectivity index (χ2n) is 3.79. The Hall–Kier alpha value is -0.870. The van der Waals surface area contributed by atoms with Gasteiger partial charge in [-0.1, -0.05) is 38.1 Å². The second-order valence-corrected chi connectivity index (χ2v) is 5.39. The lowest BCUT2D eigenvalue weighted by Crippen LogP contribution is -2.09. The van der Waals surface area contributed by atoms with Gasteiger partial charge in [0.15, 0.2) is 0 Å². The maximum absolute atomic E-state index is 11.1. The first-order chi connectivity index (χ1) is 7.46. The van der Waals surface area contributed by atoms with Gasteiger partial charge in [-0.25, -0.2) is 0 Å². The van der Waals surface area contributed by atoms with E-state index in [4.69, 9.17) is 4.18 Å². The van der Waals surface area contributed by atoms with Gasteiger partial charge in [0, 0.05) is 0 Å². The smallest absolute Gasteiger partial charge is 0.262 e. The van der Waals surface area contributed by atoms with E-state index in [1.807, 2.05) is 31.2 Å². The van der Waals surface area contributed by atoms with Crippen LogP contribution in [0.3, 0.4) is 0 Å². The minimum atomic E-state index is -3.40. The van der Waals surface area contributed by atoms with Gasteiger partial charge in [0.25, 0.3) is 10.1 Å². The Morgan fingerprint density at radius 1 is 1.19 bits per heavy atom. The van der Waals surface area contributed by atoms with Crippen LogP contribution in [0.2, 0.25) is 0 Å². The maximum Gasteiger partial charge on any atom is 0.264 e. The molecule has 0 bridgehead atoms. The zero-order valence-corrected chi connectivity index (χ0v) is 10.8. The summed E-state index contributed by atoms with van der Waals surface area (Å²) in [4.78, 5) is 0. The average molecular weight is 242 g/mol. The fourth-order valence-corrected chi connectivity index (χ4v) is 2.21. The average Bonchev–Trinajstić information content (AvgIpc) is 2.25. The summed E-state index contributed by atoms with van der Waals surface area (Å²) in [7, 11) is -3.40. The molecule has 1 rings (SSSR count). The van der Waals surface area contributed by atoms with Crippen molar-refractivity contribution in [1.29, 1.82) is 0 Å². The highest BCUT2D eigenvalue weighted by Crippen LogP contribution is 2.23. The topological polar surface area (TPSA) is 43.4 Å². The van der Waals surface area contributed by atoms with E-state index in [-0.39, 0.29) is 6.10 Å². The summed E-state index contributed by atoms with van der Waals surface area (Å²) in [5.41, 5.74) is 2.14. The Kier molecular flexibility index (Phi) is 4.50. The summed E-state index contributed by atoms with van der Waals surface area (Å²) < 4.78 is 27.2. The first-order valence-corrected chi connectivity index (χ1v) is 7.25. The Balaban J connectivity index is 2.87. The summed E-state index contributed by atoms with van der Waals surface area (Å²) in [5, 5.41) is 0. The number of aryl methyl sites for hydroxylation is 1. The molecule has 1 aromatic carbocycles. The zero-order chi connectivity index (χ0) is 12.2. The number of benzene rings is 1. The molecule has 0 saturated heterocycles. The van der Waals surface area contributed by atoms with Crippen LogP contribution in [0.4, 0.5) is 0 Å². The van der Waals surface area contributed by atoms with E-state index in [0.29, 0.717) is 6.42 Å². The van der Waals surface area contributed by atoms with Gasteiger partial charge in [0.05, 0.1) is 6.26 Å². The van der Waals surface area contributed by atoms with Crippen LogP contribution in [0.5, 0.6) is 0 Å². The third-order valence-electron chi connectivity index (χ3n) is 2.42.